The molecule has 4 rings (SSSR count). The second-order valence-corrected chi connectivity index (χ2v) is 8.29. The Morgan fingerprint density at radius 1 is 0.970 bits per heavy atom. The molecule has 2 aliphatic rings. The summed E-state index contributed by atoms with van der Waals surface area (Å²) in [5.74, 6) is -1.95. The predicted molar refractivity (Wildman–Crippen MR) is 118 cm³/mol. The third-order valence-corrected chi connectivity index (χ3v) is 6.67. The molecule has 0 radical (unpaired) electrons. The summed E-state index contributed by atoms with van der Waals surface area (Å²) < 4.78 is 18.3. The minimum absolute atomic E-state index is 0.368. The number of nitrogens with zero attached hydrogens (tertiary/aromatic N) is 3. The minimum atomic E-state index is -1.99. The van der Waals surface area contributed by atoms with Crippen molar-refractivity contribution in [3.05, 3.63) is 65.7 Å². The van der Waals surface area contributed by atoms with E-state index in [1.807, 2.05) is 44.2 Å². The molecule has 7 heteroatoms. The van der Waals surface area contributed by atoms with Crippen LogP contribution in [0.15, 0.2) is 54.6 Å². The number of benzene rings is 2. The van der Waals surface area contributed by atoms with Crippen molar-refractivity contribution < 1.29 is 14.2 Å². The fraction of sp³-hybridized carbons (Fsp3) is 0.385. The summed E-state index contributed by atoms with van der Waals surface area (Å²) in [6.45, 7) is 4.43. The Balaban J connectivity index is 1.95. The van der Waals surface area contributed by atoms with Crippen LogP contribution in [0.3, 0.4) is 0 Å². The van der Waals surface area contributed by atoms with Crippen molar-refractivity contribution in [1.82, 2.24) is 0 Å². The number of hydrogen-bond donors (Lipinski definition) is 1. The Labute approximate surface area is 193 Å². The predicted octanol–water partition coefficient (Wildman–Crippen LogP) is 4.98. The first-order valence-electron chi connectivity index (χ1n) is 11.0. The van der Waals surface area contributed by atoms with Crippen molar-refractivity contribution in [2.45, 2.75) is 38.6 Å². The molecule has 2 bridgehead atoms. The number of nitrogens with one attached hydrogen (secondary N) is 1. The van der Waals surface area contributed by atoms with Crippen LogP contribution in [0.2, 0.25) is 0 Å². The van der Waals surface area contributed by atoms with Crippen molar-refractivity contribution in [3.63, 3.8) is 0 Å². The quantitative estimate of drug-likeness (QED) is 0.676. The van der Waals surface area contributed by atoms with Gasteiger partial charge in [0.05, 0.1) is 30.7 Å². The van der Waals surface area contributed by atoms with E-state index < -0.39 is 34.5 Å². The SMILES string of the molecule is CCCOc1ccc(C2OC3(c4ccccc4)OC(=N)C(C#N)(C3CC)C2(C#N)C#N)cc1. The molecule has 166 valence electrons. The van der Waals surface area contributed by atoms with Crippen LogP contribution in [-0.2, 0) is 15.3 Å². The lowest BCUT2D eigenvalue weighted by Crippen LogP contribution is -2.58. The number of hydrogen-bond acceptors (Lipinski definition) is 7. The van der Waals surface area contributed by atoms with Crippen LogP contribution < -0.4 is 4.74 Å². The average molecular weight is 441 g/mol. The summed E-state index contributed by atoms with van der Waals surface area (Å²) >= 11 is 0. The molecular formula is C26H24N4O3. The van der Waals surface area contributed by atoms with Crippen molar-refractivity contribution in [2.75, 3.05) is 6.61 Å². The van der Waals surface area contributed by atoms with Gasteiger partial charge in [0.2, 0.25) is 17.1 Å². The van der Waals surface area contributed by atoms with Crippen molar-refractivity contribution in [2.24, 2.45) is 16.7 Å². The molecule has 0 aromatic heterocycles. The second kappa shape index (κ2) is 8.24. The Bertz CT molecular complexity index is 1160. The third-order valence-electron chi connectivity index (χ3n) is 6.67. The van der Waals surface area contributed by atoms with Crippen molar-refractivity contribution in [1.29, 1.82) is 21.2 Å². The van der Waals surface area contributed by atoms with Crippen LogP contribution >= 0.6 is 0 Å². The zero-order valence-corrected chi connectivity index (χ0v) is 18.5. The monoisotopic (exact) mass is 440 g/mol. The average Bonchev–Trinajstić information content (AvgIpc) is 3.07. The van der Waals surface area contributed by atoms with Gasteiger partial charge >= 0.3 is 0 Å². The van der Waals surface area contributed by atoms with Gasteiger partial charge in [-0.2, -0.15) is 15.8 Å². The molecule has 2 heterocycles. The first-order chi connectivity index (χ1) is 16.0. The fourth-order valence-electron chi connectivity index (χ4n) is 5.16. The Hall–Kier alpha value is -3.86. The number of ether oxygens (including phenoxy) is 3. The van der Waals surface area contributed by atoms with E-state index >= 15 is 0 Å². The summed E-state index contributed by atoms with van der Waals surface area (Å²) in [6, 6.07) is 22.5. The molecule has 4 unspecified atom stereocenters. The van der Waals surface area contributed by atoms with E-state index in [1.54, 1.807) is 24.3 Å². The second-order valence-electron chi connectivity index (χ2n) is 8.29. The van der Waals surface area contributed by atoms with Crippen LogP contribution in [-0.4, -0.2) is 12.5 Å². The van der Waals surface area contributed by atoms with Gasteiger partial charge in [-0.3, -0.25) is 5.41 Å². The molecular weight excluding hydrogens is 416 g/mol. The zero-order valence-electron chi connectivity index (χ0n) is 18.5. The summed E-state index contributed by atoms with van der Waals surface area (Å²) in [5.41, 5.74) is -2.62. The van der Waals surface area contributed by atoms with Gasteiger partial charge in [0, 0.05) is 5.56 Å². The van der Waals surface area contributed by atoms with E-state index in [4.69, 9.17) is 19.6 Å². The molecule has 0 amide bonds. The molecule has 7 nitrogen and oxygen atoms in total. The molecule has 2 aromatic carbocycles. The van der Waals surface area contributed by atoms with E-state index in [0.717, 1.165) is 6.42 Å². The van der Waals surface area contributed by atoms with E-state index in [2.05, 4.69) is 18.2 Å². The molecule has 2 saturated heterocycles. The van der Waals surface area contributed by atoms with Crippen LogP contribution in [0.4, 0.5) is 0 Å². The highest BCUT2D eigenvalue weighted by atomic mass is 16.7. The Morgan fingerprint density at radius 3 is 2.18 bits per heavy atom. The summed E-state index contributed by atoms with van der Waals surface area (Å²) in [4.78, 5) is 0. The maximum absolute atomic E-state index is 10.5. The van der Waals surface area contributed by atoms with E-state index in [9.17, 15) is 15.8 Å². The van der Waals surface area contributed by atoms with Crippen LogP contribution in [0.1, 0.15) is 43.9 Å². The molecule has 2 aliphatic heterocycles. The van der Waals surface area contributed by atoms with E-state index in [0.29, 0.717) is 29.9 Å². The lowest BCUT2D eigenvalue weighted by atomic mass is 9.52. The van der Waals surface area contributed by atoms with Crippen LogP contribution in [0, 0.1) is 56.2 Å². The highest BCUT2D eigenvalue weighted by molar-refractivity contribution is 5.89. The number of fused-ring (bicyclic) bond motifs is 2. The molecule has 1 N–H and O–H groups in total. The lowest BCUT2D eigenvalue weighted by molar-refractivity contribution is -0.292. The van der Waals surface area contributed by atoms with Gasteiger partial charge in [0.25, 0.3) is 0 Å². The Morgan fingerprint density at radius 2 is 1.64 bits per heavy atom. The minimum Gasteiger partial charge on any atom is -0.494 e. The number of rotatable bonds is 6. The van der Waals surface area contributed by atoms with Crippen molar-refractivity contribution in [3.8, 4) is 24.0 Å². The maximum atomic E-state index is 10.5. The highest BCUT2D eigenvalue weighted by Crippen LogP contribution is 2.69. The first-order valence-corrected chi connectivity index (χ1v) is 11.0. The van der Waals surface area contributed by atoms with Crippen LogP contribution in [0.25, 0.3) is 0 Å². The van der Waals surface area contributed by atoms with Gasteiger partial charge in [-0.05, 0) is 30.5 Å². The van der Waals surface area contributed by atoms with Gasteiger partial charge in [0.15, 0.2) is 5.41 Å². The standard InChI is InChI=1S/C26H24N4O3/c1-3-14-31-20-12-10-18(11-13-20)22-24(15-27,16-28)25(17-29)21(4-2)26(32-22,33-23(25)30)19-8-6-5-7-9-19/h5-13,21-22,30H,3-4,14H2,1-2H3. The smallest absolute Gasteiger partial charge is 0.244 e. The first kappa shape index (κ1) is 22.3. The molecule has 0 spiro atoms. The molecule has 33 heavy (non-hydrogen) atoms. The molecule has 0 saturated carbocycles. The lowest BCUT2D eigenvalue weighted by Gasteiger charge is -2.49. The van der Waals surface area contributed by atoms with Gasteiger partial charge < -0.3 is 14.2 Å². The van der Waals surface area contributed by atoms with Gasteiger partial charge in [-0.1, -0.05) is 56.3 Å². The van der Waals surface area contributed by atoms with Gasteiger partial charge in [-0.15, -0.1) is 0 Å². The van der Waals surface area contributed by atoms with E-state index in [1.165, 1.54) is 0 Å². The van der Waals surface area contributed by atoms with Gasteiger partial charge in [0.1, 0.15) is 11.9 Å². The normalized spacial score (nSPS) is 29.2. The zero-order chi connectivity index (χ0) is 23.7. The summed E-state index contributed by atoms with van der Waals surface area (Å²) in [5, 5.41) is 39.9. The highest BCUT2D eigenvalue weighted by Gasteiger charge is 2.80. The molecule has 2 fully saturated rings. The molecule has 2 aromatic rings. The van der Waals surface area contributed by atoms with Crippen LogP contribution in [0.5, 0.6) is 5.75 Å². The third kappa shape index (κ3) is 2.85. The molecule has 0 aliphatic carbocycles. The fourth-order valence-corrected chi connectivity index (χ4v) is 5.16. The van der Waals surface area contributed by atoms with Gasteiger partial charge in [-0.25, -0.2) is 0 Å². The van der Waals surface area contributed by atoms with E-state index in [-0.39, 0.29) is 0 Å². The summed E-state index contributed by atoms with van der Waals surface area (Å²) in [7, 11) is 0. The maximum Gasteiger partial charge on any atom is 0.244 e. The summed E-state index contributed by atoms with van der Waals surface area (Å²) in [6.07, 6.45) is 0.104. The molecule has 4 atom stereocenters. The number of nitriles is 3. The van der Waals surface area contributed by atoms with Crippen molar-refractivity contribution >= 4 is 5.90 Å². The largest absolute Gasteiger partial charge is 0.494 e. The Kier molecular flexibility index (Phi) is 5.58. The topological polar surface area (TPSA) is 123 Å².